The van der Waals surface area contributed by atoms with Gasteiger partial charge in [0.1, 0.15) is 10.2 Å². The molecule has 0 unspecified atom stereocenters. The van der Waals surface area contributed by atoms with E-state index in [2.05, 4.69) is 9.97 Å². The van der Waals surface area contributed by atoms with Crippen molar-refractivity contribution in [2.75, 3.05) is 31.2 Å². The zero-order chi connectivity index (χ0) is 15.0. The molecular formula is C12H19ClN4O2S. The Bertz CT molecular complexity index is 421. The lowest BCUT2D eigenvalue weighted by atomic mass is 10.3. The number of thioether (sulfide) groups is 1. The first kappa shape index (κ1) is 17.0. The number of aromatic nitrogens is 2. The Morgan fingerprint density at radius 1 is 1.50 bits per heavy atom. The number of amides is 1. The van der Waals surface area contributed by atoms with Crippen molar-refractivity contribution in [3.05, 3.63) is 11.2 Å². The summed E-state index contributed by atoms with van der Waals surface area (Å²) in [5, 5.41) is 9.88. The normalized spacial score (nSPS) is 10.6. The van der Waals surface area contributed by atoms with Crippen molar-refractivity contribution in [3.63, 3.8) is 0 Å². The Morgan fingerprint density at radius 3 is 2.85 bits per heavy atom. The highest BCUT2D eigenvalue weighted by Crippen LogP contribution is 2.20. The Morgan fingerprint density at radius 2 is 2.25 bits per heavy atom. The van der Waals surface area contributed by atoms with Crippen LogP contribution in [0.15, 0.2) is 11.1 Å². The number of carbonyl (C=O) groups is 1. The minimum absolute atomic E-state index is 0.0169. The zero-order valence-electron chi connectivity index (χ0n) is 11.4. The Balaban J connectivity index is 2.44. The molecule has 0 bridgehead atoms. The van der Waals surface area contributed by atoms with Crippen molar-refractivity contribution in [2.24, 2.45) is 0 Å². The smallest absolute Gasteiger partial charge is 0.223 e. The van der Waals surface area contributed by atoms with E-state index in [1.54, 1.807) is 11.0 Å². The van der Waals surface area contributed by atoms with Gasteiger partial charge in [-0.1, -0.05) is 18.5 Å². The van der Waals surface area contributed by atoms with Crippen LogP contribution in [0, 0.1) is 0 Å². The highest BCUT2D eigenvalue weighted by atomic mass is 35.5. The zero-order valence-corrected chi connectivity index (χ0v) is 13.0. The second-order valence-electron chi connectivity index (χ2n) is 4.09. The van der Waals surface area contributed by atoms with Gasteiger partial charge in [-0.2, -0.15) is 0 Å². The fourth-order valence-electron chi connectivity index (χ4n) is 1.64. The molecule has 6 nitrogen and oxygen atoms in total. The molecule has 1 aromatic rings. The average Bonchev–Trinajstić information content (AvgIpc) is 2.37. The number of anilines is 1. The van der Waals surface area contributed by atoms with Gasteiger partial charge < -0.3 is 15.7 Å². The molecular weight excluding hydrogens is 300 g/mol. The molecule has 0 aliphatic heterocycles. The van der Waals surface area contributed by atoms with Crippen LogP contribution in [-0.4, -0.2) is 51.3 Å². The number of aliphatic hydroxyl groups is 1. The maximum absolute atomic E-state index is 12.0. The molecule has 0 saturated carbocycles. The van der Waals surface area contributed by atoms with Crippen LogP contribution in [0.3, 0.4) is 0 Å². The summed E-state index contributed by atoms with van der Waals surface area (Å²) in [6, 6.07) is 1.62. The highest BCUT2D eigenvalue weighted by molar-refractivity contribution is 7.99. The van der Waals surface area contributed by atoms with Crippen LogP contribution in [0.2, 0.25) is 5.15 Å². The topological polar surface area (TPSA) is 92.3 Å². The van der Waals surface area contributed by atoms with Gasteiger partial charge in [-0.05, 0) is 6.42 Å². The minimum atomic E-state index is -0.0169. The third-order valence-corrected chi connectivity index (χ3v) is 3.58. The number of nitrogen functional groups attached to an aromatic ring is 1. The van der Waals surface area contributed by atoms with E-state index in [1.807, 2.05) is 6.92 Å². The molecule has 0 aliphatic carbocycles. The molecule has 0 atom stereocenters. The summed E-state index contributed by atoms with van der Waals surface area (Å²) in [5.41, 5.74) is 5.50. The fourth-order valence-corrected chi connectivity index (χ4v) is 2.73. The number of hydrogen-bond donors (Lipinski definition) is 2. The Kier molecular flexibility index (Phi) is 7.64. The maximum Gasteiger partial charge on any atom is 0.223 e. The fraction of sp³-hybridized carbons (Fsp3) is 0.583. The third-order valence-electron chi connectivity index (χ3n) is 2.47. The maximum atomic E-state index is 12.0. The van der Waals surface area contributed by atoms with Crippen LogP contribution >= 0.6 is 23.4 Å². The first-order valence-corrected chi connectivity index (χ1v) is 7.74. The first-order chi connectivity index (χ1) is 9.56. The van der Waals surface area contributed by atoms with Crippen LogP contribution in [0.1, 0.15) is 19.8 Å². The Hall–Kier alpha value is -1.05. The van der Waals surface area contributed by atoms with E-state index < -0.39 is 0 Å². The molecule has 1 rings (SSSR count). The summed E-state index contributed by atoms with van der Waals surface area (Å²) >= 11 is 7.18. The van der Waals surface area contributed by atoms with Crippen LogP contribution in [0.5, 0.6) is 0 Å². The van der Waals surface area contributed by atoms with Gasteiger partial charge in [0.15, 0.2) is 0 Å². The lowest BCUT2D eigenvalue weighted by Crippen LogP contribution is -2.34. The molecule has 3 N–H and O–H groups in total. The van der Waals surface area contributed by atoms with E-state index in [0.29, 0.717) is 35.4 Å². The molecule has 0 radical (unpaired) electrons. The third kappa shape index (κ3) is 5.94. The van der Waals surface area contributed by atoms with Crippen molar-refractivity contribution in [1.29, 1.82) is 0 Å². The van der Waals surface area contributed by atoms with E-state index in [4.69, 9.17) is 22.4 Å². The second-order valence-corrected chi connectivity index (χ2v) is 5.59. The molecule has 0 aromatic carbocycles. The van der Waals surface area contributed by atoms with Crippen molar-refractivity contribution < 1.29 is 9.90 Å². The van der Waals surface area contributed by atoms with Gasteiger partial charge in [0.05, 0.1) is 6.61 Å². The predicted molar refractivity (Wildman–Crippen MR) is 80.8 cm³/mol. The van der Waals surface area contributed by atoms with Gasteiger partial charge in [0, 0.05) is 31.3 Å². The number of carbonyl (C=O) groups excluding carboxylic acids is 1. The van der Waals surface area contributed by atoms with Crippen molar-refractivity contribution in [2.45, 2.75) is 24.8 Å². The van der Waals surface area contributed by atoms with Crippen LogP contribution in [0.25, 0.3) is 0 Å². The average molecular weight is 319 g/mol. The number of nitrogens with two attached hydrogens (primary N) is 1. The van der Waals surface area contributed by atoms with E-state index >= 15 is 0 Å². The largest absolute Gasteiger partial charge is 0.395 e. The van der Waals surface area contributed by atoms with Gasteiger partial charge in [-0.3, -0.25) is 4.79 Å². The molecule has 8 heteroatoms. The summed E-state index contributed by atoms with van der Waals surface area (Å²) in [6.45, 7) is 3.02. The Labute approximate surface area is 127 Å². The highest BCUT2D eigenvalue weighted by Gasteiger charge is 2.12. The van der Waals surface area contributed by atoms with Gasteiger partial charge in [0.25, 0.3) is 0 Å². The molecule has 20 heavy (non-hydrogen) atoms. The lowest BCUT2D eigenvalue weighted by molar-refractivity contribution is -0.131. The number of nitrogens with zero attached hydrogens (tertiary/aromatic N) is 3. The molecule has 0 aliphatic rings. The SMILES string of the molecule is CCCN(CCO)C(=O)CCSc1cc(Cl)nc(N)n1. The summed E-state index contributed by atoms with van der Waals surface area (Å²) in [7, 11) is 0. The lowest BCUT2D eigenvalue weighted by Gasteiger charge is -2.20. The van der Waals surface area contributed by atoms with E-state index in [-0.39, 0.29) is 18.5 Å². The molecule has 1 amide bonds. The quantitative estimate of drug-likeness (QED) is 0.556. The van der Waals surface area contributed by atoms with Gasteiger partial charge in [-0.15, -0.1) is 11.8 Å². The standard InChI is InChI=1S/C12H19ClN4O2S/c1-2-4-17(5-6-18)11(19)3-7-20-10-8-9(13)15-12(14)16-10/h8,18H,2-7H2,1H3,(H2,14,15,16). The molecule has 1 aromatic heterocycles. The summed E-state index contributed by atoms with van der Waals surface area (Å²) in [6.07, 6.45) is 1.25. The van der Waals surface area contributed by atoms with E-state index in [0.717, 1.165) is 6.42 Å². The number of aliphatic hydroxyl groups excluding tert-OH is 1. The monoisotopic (exact) mass is 318 g/mol. The molecule has 0 fully saturated rings. The van der Waals surface area contributed by atoms with Crippen molar-refractivity contribution in [3.8, 4) is 0 Å². The summed E-state index contributed by atoms with van der Waals surface area (Å²) in [5.74, 6) is 0.734. The predicted octanol–water partition coefficient (Wildman–Crippen LogP) is 1.43. The second kappa shape index (κ2) is 8.99. The first-order valence-electron chi connectivity index (χ1n) is 6.38. The van der Waals surface area contributed by atoms with Crippen molar-refractivity contribution >= 4 is 35.2 Å². The molecule has 112 valence electrons. The number of halogens is 1. The number of hydrogen-bond acceptors (Lipinski definition) is 6. The van der Waals surface area contributed by atoms with E-state index in [9.17, 15) is 4.79 Å². The van der Waals surface area contributed by atoms with Crippen LogP contribution in [0.4, 0.5) is 5.95 Å². The van der Waals surface area contributed by atoms with Gasteiger partial charge in [0.2, 0.25) is 11.9 Å². The van der Waals surface area contributed by atoms with Crippen molar-refractivity contribution in [1.82, 2.24) is 14.9 Å². The molecule has 0 saturated heterocycles. The minimum Gasteiger partial charge on any atom is -0.395 e. The van der Waals surface area contributed by atoms with Gasteiger partial charge in [-0.25, -0.2) is 9.97 Å². The summed E-state index contributed by atoms with van der Waals surface area (Å²) < 4.78 is 0. The van der Waals surface area contributed by atoms with Crippen LogP contribution < -0.4 is 5.73 Å². The van der Waals surface area contributed by atoms with Gasteiger partial charge >= 0.3 is 0 Å². The molecule has 1 heterocycles. The summed E-state index contributed by atoms with van der Waals surface area (Å²) in [4.78, 5) is 21.4. The van der Waals surface area contributed by atoms with E-state index in [1.165, 1.54) is 11.8 Å². The molecule has 0 spiro atoms. The van der Waals surface area contributed by atoms with Crippen LogP contribution in [-0.2, 0) is 4.79 Å². The number of rotatable bonds is 8.